The largest absolute Gasteiger partial charge is 0.332 e. The van der Waals surface area contributed by atoms with Gasteiger partial charge < -0.3 is 5.32 Å². The zero-order valence-electron chi connectivity index (χ0n) is 9.66. The molecule has 0 amide bonds. The van der Waals surface area contributed by atoms with E-state index in [-0.39, 0.29) is 12.4 Å². The Hall–Kier alpha value is -0.770. The Balaban J connectivity index is 0.00000144. The molecule has 0 bridgehead atoms. The first-order valence-corrected chi connectivity index (χ1v) is 6.45. The molecular weight excluding hydrogens is 275 g/mol. The van der Waals surface area contributed by atoms with E-state index in [1.807, 2.05) is 5.38 Å². The summed E-state index contributed by atoms with van der Waals surface area (Å²) in [5.41, 5.74) is 4.56. The normalized spacial score (nSPS) is 9.82. The van der Waals surface area contributed by atoms with Crippen LogP contribution in [0.4, 0.5) is 10.8 Å². The predicted octanol–water partition coefficient (Wildman–Crippen LogP) is 4.66. The number of nitrogens with zero attached hydrogens (tertiary/aromatic N) is 1. The molecule has 2 nitrogen and oxygen atoms in total. The average Bonchev–Trinajstić information content (AvgIpc) is 2.71. The van der Waals surface area contributed by atoms with Gasteiger partial charge >= 0.3 is 0 Å². The quantitative estimate of drug-likeness (QED) is 0.831. The van der Waals surface area contributed by atoms with E-state index in [0.29, 0.717) is 5.88 Å². The highest BCUT2D eigenvalue weighted by atomic mass is 35.5. The van der Waals surface area contributed by atoms with Gasteiger partial charge in [0.2, 0.25) is 0 Å². The molecule has 2 rings (SSSR count). The lowest BCUT2D eigenvalue weighted by molar-refractivity contribution is 1.22. The Kier molecular flexibility index (Phi) is 5.25. The molecule has 1 aromatic heterocycles. The van der Waals surface area contributed by atoms with Gasteiger partial charge in [-0.15, -0.1) is 35.3 Å². The van der Waals surface area contributed by atoms with Crippen LogP contribution in [0.2, 0.25) is 0 Å². The summed E-state index contributed by atoms with van der Waals surface area (Å²) in [6.45, 7) is 4.21. The second kappa shape index (κ2) is 6.24. The Bertz CT molecular complexity index is 497. The molecule has 0 aliphatic rings. The molecule has 1 heterocycles. The van der Waals surface area contributed by atoms with E-state index in [0.717, 1.165) is 16.5 Å². The summed E-state index contributed by atoms with van der Waals surface area (Å²) >= 11 is 7.28. The molecule has 0 saturated heterocycles. The molecule has 2 aromatic rings. The number of aromatic nitrogens is 1. The molecule has 0 unspecified atom stereocenters. The van der Waals surface area contributed by atoms with Gasteiger partial charge in [0.1, 0.15) is 0 Å². The van der Waals surface area contributed by atoms with Crippen molar-refractivity contribution in [1.82, 2.24) is 4.98 Å². The van der Waals surface area contributed by atoms with Crippen LogP contribution in [0.3, 0.4) is 0 Å². The molecule has 0 fully saturated rings. The summed E-state index contributed by atoms with van der Waals surface area (Å²) in [5.74, 6) is 0.463. The maximum atomic E-state index is 5.71. The van der Waals surface area contributed by atoms with Gasteiger partial charge in [-0.2, -0.15) is 0 Å². The molecule has 0 aliphatic heterocycles. The number of anilines is 2. The smallest absolute Gasteiger partial charge is 0.187 e. The second-order valence-corrected chi connectivity index (χ2v) is 4.83. The number of benzene rings is 1. The number of hydrogen-bond acceptors (Lipinski definition) is 3. The average molecular weight is 289 g/mol. The van der Waals surface area contributed by atoms with E-state index in [1.165, 1.54) is 11.1 Å². The third kappa shape index (κ3) is 3.60. The van der Waals surface area contributed by atoms with Crippen LogP contribution in [0.5, 0.6) is 0 Å². The van der Waals surface area contributed by atoms with Crippen molar-refractivity contribution in [3.05, 3.63) is 40.4 Å². The van der Waals surface area contributed by atoms with Crippen LogP contribution in [0, 0.1) is 13.8 Å². The third-order valence-electron chi connectivity index (χ3n) is 2.45. The van der Waals surface area contributed by atoms with E-state index in [1.54, 1.807) is 11.3 Å². The highest BCUT2D eigenvalue weighted by Crippen LogP contribution is 2.23. The van der Waals surface area contributed by atoms with Crippen molar-refractivity contribution in [3.63, 3.8) is 0 Å². The second-order valence-electron chi connectivity index (χ2n) is 3.70. The molecule has 92 valence electrons. The summed E-state index contributed by atoms with van der Waals surface area (Å²) in [4.78, 5) is 4.35. The monoisotopic (exact) mass is 288 g/mol. The van der Waals surface area contributed by atoms with Crippen molar-refractivity contribution in [1.29, 1.82) is 0 Å². The molecule has 0 aliphatic carbocycles. The summed E-state index contributed by atoms with van der Waals surface area (Å²) in [5, 5.41) is 6.13. The molecule has 5 heteroatoms. The van der Waals surface area contributed by atoms with Crippen molar-refractivity contribution in [2.45, 2.75) is 19.7 Å². The number of halogens is 2. The minimum atomic E-state index is 0. The predicted molar refractivity (Wildman–Crippen MR) is 78.1 cm³/mol. The molecule has 1 aromatic carbocycles. The lowest BCUT2D eigenvalue weighted by Gasteiger charge is -2.05. The fourth-order valence-corrected chi connectivity index (χ4v) is 2.33. The van der Waals surface area contributed by atoms with Crippen LogP contribution in [-0.2, 0) is 5.88 Å². The standard InChI is InChI=1S/C12H13ClN2S.ClH/c1-8-3-4-10(5-9(8)2)14-12-15-11(6-13)7-16-12;/h3-5,7H,6H2,1-2H3,(H,14,15);1H. The molecule has 1 N–H and O–H groups in total. The van der Waals surface area contributed by atoms with Gasteiger partial charge in [-0.3, -0.25) is 0 Å². The minimum Gasteiger partial charge on any atom is -0.332 e. The number of alkyl halides is 1. The number of aryl methyl sites for hydroxylation is 2. The van der Waals surface area contributed by atoms with E-state index in [4.69, 9.17) is 11.6 Å². The maximum absolute atomic E-state index is 5.71. The van der Waals surface area contributed by atoms with Gasteiger partial charge in [0.25, 0.3) is 0 Å². The van der Waals surface area contributed by atoms with Crippen LogP contribution in [-0.4, -0.2) is 4.98 Å². The van der Waals surface area contributed by atoms with Gasteiger partial charge in [-0.1, -0.05) is 6.07 Å². The van der Waals surface area contributed by atoms with Gasteiger partial charge in [0.05, 0.1) is 11.6 Å². The molecular formula is C12H14Cl2N2S. The molecule has 0 radical (unpaired) electrons. The lowest BCUT2D eigenvalue weighted by atomic mass is 10.1. The minimum absolute atomic E-state index is 0. The molecule has 0 saturated carbocycles. The number of hydrogen-bond donors (Lipinski definition) is 1. The first-order chi connectivity index (χ1) is 7.69. The molecule has 17 heavy (non-hydrogen) atoms. The summed E-state index contributed by atoms with van der Waals surface area (Å²) in [6.07, 6.45) is 0. The first-order valence-electron chi connectivity index (χ1n) is 5.03. The SMILES string of the molecule is Cc1ccc(Nc2nc(CCl)cs2)cc1C.Cl. The summed E-state index contributed by atoms with van der Waals surface area (Å²) in [7, 11) is 0. The fraction of sp³-hybridized carbons (Fsp3) is 0.250. The Morgan fingerprint density at radius 1 is 1.29 bits per heavy atom. The Morgan fingerprint density at radius 3 is 2.65 bits per heavy atom. The van der Waals surface area contributed by atoms with Gasteiger partial charge in [0, 0.05) is 11.1 Å². The molecule has 0 atom stereocenters. The zero-order valence-corrected chi connectivity index (χ0v) is 12.0. The van der Waals surface area contributed by atoms with Crippen LogP contribution in [0.1, 0.15) is 16.8 Å². The Labute approximate surface area is 116 Å². The van der Waals surface area contributed by atoms with Crippen LogP contribution >= 0.6 is 35.3 Å². The summed E-state index contributed by atoms with van der Waals surface area (Å²) in [6, 6.07) is 6.29. The van der Waals surface area contributed by atoms with Crippen molar-refractivity contribution in [3.8, 4) is 0 Å². The van der Waals surface area contributed by atoms with E-state index >= 15 is 0 Å². The lowest BCUT2D eigenvalue weighted by Crippen LogP contribution is -1.91. The highest BCUT2D eigenvalue weighted by molar-refractivity contribution is 7.13. The van der Waals surface area contributed by atoms with Crippen LogP contribution < -0.4 is 5.32 Å². The fourth-order valence-electron chi connectivity index (χ4n) is 1.37. The summed E-state index contributed by atoms with van der Waals surface area (Å²) < 4.78 is 0. The maximum Gasteiger partial charge on any atom is 0.187 e. The van der Waals surface area contributed by atoms with Gasteiger partial charge in [-0.25, -0.2) is 4.98 Å². The van der Waals surface area contributed by atoms with Crippen molar-refractivity contribution in [2.75, 3.05) is 5.32 Å². The number of rotatable bonds is 3. The highest BCUT2D eigenvalue weighted by Gasteiger charge is 2.02. The van der Waals surface area contributed by atoms with Crippen molar-refractivity contribution < 1.29 is 0 Å². The first kappa shape index (κ1) is 14.3. The van der Waals surface area contributed by atoms with E-state index in [9.17, 15) is 0 Å². The third-order valence-corrected chi connectivity index (χ3v) is 3.53. The molecule has 0 spiro atoms. The number of nitrogens with one attached hydrogen (secondary N) is 1. The van der Waals surface area contributed by atoms with Crippen LogP contribution in [0.25, 0.3) is 0 Å². The van der Waals surface area contributed by atoms with E-state index in [2.05, 4.69) is 42.3 Å². The van der Waals surface area contributed by atoms with Crippen molar-refractivity contribution >= 4 is 46.2 Å². The van der Waals surface area contributed by atoms with Crippen LogP contribution in [0.15, 0.2) is 23.6 Å². The Morgan fingerprint density at radius 2 is 2.06 bits per heavy atom. The van der Waals surface area contributed by atoms with E-state index < -0.39 is 0 Å². The number of thiazole rings is 1. The van der Waals surface area contributed by atoms with Gasteiger partial charge in [0.15, 0.2) is 5.13 Å². The van der Waals surface area contributed by atoms with Gasteiger partial charge in [-0.05, 0) is 37.1 Å². The zero-order chi connectivity index (χ0) is 11.5. The van der Waals surface area contributed by atoms with Crippen molar-refractivity contribution in [2.24, 2.45) is 0 Å². The topological polar surface area (TPSA) is 24.9 Å².